The highest BCUT2D eigenvalue weighted by molar-refractivity contribution is 7.98. The van der Waals surface area contributed by atoms with Crippen LogP contribution >= 0.6 is 24.4 Å². The Balaban J connectivity index is 2.43. The molecule has 0 bridgehead atoms. The number of carboxylic acids is 2. The minimum atomic E-state index is -1.75. The van der Waals surface area contributed by atoms with Gasteiger partial charge in [0.05, 0.1) is 12.6 Å². The van der Waals surface area contributed by atoms with Crippen LogP contribution in [0.15, 0.2) is 54.6 Å². The lowest BCUT2D eigenvalue weighted by Gasteiger charge is -2.27. The zero-order valence-electron chi connectivity index (χ0n) is 38.9. The first kappa shape index (κ1) is 59.2. The quantitative estimate of drug-likeness (QED) is 0.0287. The lowest BCUT2D eigenvalue weighted by molar-refractivity contribution is -0.141. The van der Waals surface area contributed by atoms with Gasteiger partial charge in [0.25, 0.3) is 0 Å². The van der Waals surface area contributed by atoms with Gasteiger partial charge in [0.1, 0.15) is 48.0 Å². The summed E-state index contributed by atoms with van der Waals surface area (Å²) in [6.45, 7) is 2.72. The number of thiol groups is 1. The molecule has 0 aromatic heterocycles. The summed E-state index contributed by atoms with van der Waals surface area (Å²) in [5.41, 5.74) is 12.7. The molecule has 7 amide bonds. The van der Waals surface area contributed by atoms with E-state index in [1.165, 1.54) is 36.0 Å². The Morgan fingerprint density at radius 3 is 1.49 bits per heavy atom. The third-order valence-electron chi connectivity index (χ3n) is 10.7. The van der Waals surface area contributed by atoms with Crippen molar-refractivity contribution in [3.05, 3.63) is 65.7 Å². The molecule has 0 aliphatic rings. The number of carbonyl (C=O) groups excluding carboxylic acids is 7. The minimum absolute atomic E-state index is 0.0323. The van der Waals surface area contributed by atoms with Crippen molar-refractivity contribution in [1.29, 1.82) is 0 Å². The summed E-state index contributed by atoms with van der Waals surface area (Å²) in [4.78, 5) is 119. The number of carboxylic acid groups (broad SMARTS) is 2. The summed E-state index contributed by atoms with van der Waals surface area (Å²) < 4.78 is 0. The van der Waals surface area contributed by atoms with E-state index in [0.717, 1.165) is 0 Å². The molecule has 0 fully saturated rings. The third kappa shape index (κ3) is 21.5. The van der Waals surface area contributed by atoms with E-state index >= 15 is 0 Å². The van der Waals surface area contributed by atoms with Crippen LogP contribution in [0.25, 0.3) is 0 Å². The number of unbranched alkanes of at least 4 members (excludes halogenated alkanes) is 1. The molecule has 24 heteroatoms. The van der Waals surface area contributed by atoms with Crippen molar-refractivity contribution < 1.29 is 63.6 Å². The number of nitrogens with two attached hydrogens (primary N) is 2. The highest BCUT2D eigenvalue weighted by atomic mass is 32.2. The van der Waals surface area contributed by atoms with Gasteiger partial charge >= 0.3 is 11.9 Å². The number of amides is 7. The van der Waals surface area contributed by atoms with E-state index in [0.29, 0.717) is 29.7 Å². The van der Waals surface area contributed by atoms with Crippen LogP contribution < -0.4 is 48.7 Å². The first-order valence-corrected chi connectivity index (χ1v) is 24.3. The van der Waals surface area contributed by atoms with Crippen LogP contribution in [0.4, 0.5) is 0 Å². The van der Waals surface area contributed by atoms with E-state index in [9.17, 15) is 63.6 Å². The normalized spacial score (nSPS) is 14.6. The molecule has 0 unspecified atom stereocenters. The molecule has 2 rings (SSSR count). The van der Waals surface area contributed by atoms with Crippen LogP contribution in [0.5, 0.6) is 5.75 Å². The second-order valence-electron chi connectivity index (χ2n) is 16.5. The van der Waals surface area contributed by atoms with Gasteiger partial charge < -0.3 is 69.1 Å². The molecule has 2 aromatic rings. The van der Waals surface area contributed by atoms with Crippen LogP contribution in [0.1, 0.15) is 63.5 Å². The summed E-state index contributed by atoms with van der Waals surface area (Å²) in [6, 6.07) is 2.83. The van der Waals surface area contributed by atoms with Gasteiger partial charge in [-0.2, -0.15) is 24.4 Å². The number of aliphatic hydroxyl groups is 1. The Morgan fingerprint density at radius 1 is 0.594 bits per heavy atom. The van der Waals surface area contributed by atoms with E-state index in [1.54, 1.807) is 44.2 Å². The molecular formula is C45H67N9O13S2. The number of carbonyl (C=O) groups is 9. The number of thioether (sulfide) groups is 1. The molecule has 0 saturated carbocycles. The van der Waals surface area contributed by atoms with Gasteiger partial charge in [0.15, 0.2) is 0 Å². The standard InChI is InChI=1S/C45H67N9O13S2/c1-25(2)37(47)44(65)50-31(18-20-69-3)40(61)48-29(11-7-8-19-46)38(59)53-34(23-55)43(64)49-30(16-17-36(57)58)39(60)51-32(21-26-9-5-4-6-10-26)41(62)52-33(22-27-12-14-28(56)15-13-27)42(63)54-35(24-68)45(66)67/h4-6,9-10,12-15,25,29-35,37,55-56,68H,7-8,11,16-24,46-47H2,1-3H3,(H,48,61)(H,49,64)(H,50,65)(H,51,60)(H,52,62)(H,53,59)(H,54,63)(H,57,58)(H,66,67)/t29-,30-,31-,32-,33-,34-,35-,37-/m0/s1. The number of aromatic hydroxyl groups is 1. The molecule has 15 N–H and O–H groups in total. The monoisotopic (exact) mass is 1010 g/mol. The van der Waals surface area contributed by atoms with Crippen molar-refractivity contribution in [2.75, 3.05) is 30.9 Å². The fraction of sp³-hybridized carbons (Fsp3) is 0.533. The first-order chi connectivity index (χ1) is 32.7. The van der Waals surface area contributed by atoms with Crippen LogP contribution in [0.2, 0.25) is 0 Å². The molecular weight excluding hydrogens is 939 g/mol. The van der Waals surface area contributed by atoms with E-state index in [4.69, 9.17) is 11.5 Å². The maximum absolute atomic E-state index is 14.2. The van der Waals surface area contributed by atoms with Crippen molar-refractivity contribution in [1.82, 2.24) is 37.2 Å². The summed E-state index contributed by atoms with van der Waals surface area (Å²) in [7, 11) is 0. The SMILES string of the molecule is CSCC[C@H](NC(=O)[C@@H](N)C(C)C)C(=O)N[C@@H](CCCCN)C(=O)N[C@@H](CO)C(=O)N[C@@H](CCC(=O)O)C(=O)N[C@@H](Cc1ccccc1)C(=O)N[C@@H](Cc1ccc(O)cc1)C(=O)N[C@@H](CS)C(=O)O. The maximum atomic E-state index is 14.2. The largest absolute Gasteiger partial charge is 0.508 e. The predicted octanol–water partition coefficient (Wildman–Crippen LogP) is -1.69. The van der Waals surface area contributed by atoms with Crippen LogP contribution in [0, 0.1) is 5.92 Å². The summed E-state index contributed by atoms with van der Waals surface area (Å²) in [5, 5.41) is 56.6. The number of rotatable bonds is 32. The minimum Gasteiger partial charge on any atom is -0.508 e. The van der Waals surface area contributed by atoms with Gasteiger partial charge in [-0.05, 0) is 79.8 Å². The van der Waals surface area contributed by atoms with Crippen LogP contribution in [-0.2, 0) is 56.0 Å². The average molecular weight is 1010 g/mol. The zero-order chi connectivity index (χ0) is 51.6. The lowest BCUT2D eigenvalue weighted by Crippen LogP contribution is -2.61. The number of hydrogen-bond donors (Lipinski definition) is 14. The maximum Gasteiger partial charge on any atom is 0.327 e. The van der Waals surface area contributed by atoms with Crippen molar-refractivity contribution in [3.63, 3.8) is 0 Å². The predicted molar refractivity (Wildman–Crippen MR) is 260 cm³/mol. The number of benzene rings is 2. The summed E-state index contributed by atoms with van der Waals surface area (Å²) >= 11 is 5.41. The van der Waals surface area contributed by atoms with Gasteiger partial charge in [-0.15, -0.1) is 0 Å². The Kier molecular flexibility index (Phi) is 26.8. The second-order valence-corrected chi connectivity index (χ2v) is 17.8. The number of aliphatic hydroxyl groups excluding tert-OH is 1. The fourth-order valence-corrected chi connectivity index (χ4v) is 7.24. The van der Waals surface area contributed by atoms with Crippen molar-refractivity contribution >= 4 is 77.7 Å². The van der Waals surface area contributed by atoms with E-state index < -0.39 is 121 Å². The Morgan fingerprint density at radius 2 is 1.03 bits per heavy atom. The number of phenolic OH excluding ortho intramolecular Hbond substituents is 1. The molecule has 22 nitrogen and oxygen atoms in total. The van der Waals surface area contributed by atoms with Crippen LogP contribution in [0.3, 0.4) is 0 Å². The average Bonchev–Trinajstić information content (AvgIpc) is 3.31. The second kappa shape index (κ2) is 31.2. The van der Waals surface area contributed by atoms with E-state index in [1.807, 2.05) is 6.26 Å². The molecule has 0 radical (unpaired) electrons. The van der Waals surface area contributed by atoms with Crippen molar-refractivity contribution in [3.8, 4) is 5.75 Å². The number of phenols is 1. The first-order valence-electron chi connectivity index (χ1n) is 22.3. The lowest BCUT2D eigenvalue weighted by atomic mass is 10.0. The number of nitrogens with one attached hydrogen (secondary N) is 7. The molecule has 0 heterocycles. The molecule has 382 valence electrons. The highest BCUT2D eigenvalue weighted by Gasteiger charge is 2.35. The Bertz CT molecular complexity index is 2020. The smallest absolute Gasteiger partial charge is 0.327 e. The highest BCUT2D eigenvalue weighted by Crippen LogP contribution is 2.14. The number of aliphatic carboxylic acids is 2. The molecule has 8 atom stereocenters. The Hall–Kier alpha value is -5.95. The van der Waals surface area contributed by atoms with Crippen molar-refractivity contribution in [2.45, 2.75) is 114 Å². The van der Waals surface area contributed by atoms with Gasteiger partial charge in [-0.1, -0.05) is 56.3 Å². The Labute approximate surface area is 410 Å². The van der Waals surface area contributed by atoms with Gasteiger partial charge in [0, 0.05) is 25.0 Å². The topological polar surface area (TPSA) is 371 Å². The molecule has 0 aliphatic carbocycles. The molecule has 2 aromatic carbocycles. The molecule has 0 spiro atoms. The third-order valence-corrected chi connectivity index (χ3v) is 11.7. The van der Waals surface area contributed by atoms with Gasteiger partial charge in [0.2, 0.25) is 41.4 Å². The van der Waals surface area contributed by atoms with Crippen molar-refractivity contribution in [2.24, 2.45) is 17.4 Å². The fourth-order valence-electron chi connectivity index (χ4n) is 6.52. The van der Waals surface area contributed by atoms with Gasteiger partial charge in [-0.3, -0.25) is 38.4 Å². The molecule has 69 heavy (non-hydrogen) atoms. The number of hydrogen-bond acceptors (Lipinski definition) is 15. The summed E-state index contributed by atoms with van der Waals surface area (Å²) in [6.07, 6.45) is 1.24. The molecule has 0 aliphatic heterocycles. The zero-order valence-corrected chi connectivity index (χ0v) is 40.6. The van der Waals surface area contributed by atoms with E-state index in [2.05, 4.69) is 49.8 Å². The molecule has 0 saturated heterocycles. The van der Waals surface area contributed by atoms with E-state index in [-0.39, 0.29) is 49.6 Å². The van der Waals surface area contributed by atoms with Gasteiger partial charge in [-0.25, -0.2) is 4.79 Å². The summed E-state index contributed by atoms with van der Waals surface area (Å²) in [5.74, 6) is -9.15. The van der Waals surface area contributed by atoms with Crippen LogP contribution in [-0.4, -0.2) is 153 Å².